The van der Waals surface area contributed by atoms with E-state index in [0.717, 1.165) is 10.2 Å². The average molecular weight is 399 g/mol. The Hall–Kier alpha value is -2.93. The standard InChI is InChI=1S/C18H15BrN4O2/c1-25-17(24)14-4-2-3-5-15(14)22-16-10-11-20-18(23-16)21-13-8-6-12(19)7-9-13/h2-11H,1H3,(H2,20,21,22,23). The third-order valence-electron chi connectivity index (χ3n) is 3.35. The lowest BCUT2D eigenvalue weighted by atomic mass is 10.2. The summed E-state index contributed by atoms with van der Waals surface area (Å²) < 4.78 is 5.79. The van der Waals surface area contributed by atoms with Gasteiger partial charge in [0, 0.05) is 16.4 Å². The van der Waals surface area contributed by atoms with E-state index in [1.54, 1.807) is 30.5 Å². The molecule has 25 heavy (non-hydrogen) atoms. The number of nitrogens with one attached hydrogen (secondary N) is 2. The zero-order chi connectivity index (χ0) is 17.6. The fraction of sp³-hybridized carbons (Fsp3) is 0.0556. The number of aromatic nitrogens is 2. The first-order valence-electron chi connectivity index (χ1n) is 7.46. The molecule has 3 rings (SSSR count). The van der Waals surface area contributed by atoms with Gasteiger partial charge in [-0.25, -0.2) is 9.78 Å². The summed E-state index contributed by atoms with van der Waals surface area (Å²) >= 11 is 3.40. The molecule has 2 aromatic carbocycles. The summed E-state index contributed by atoms with van der Waals surface area (Å²) in [6.45, 7) is 0. The maximum Gasteiger partial charge on any atom is 0.339 e. The maximum absolute atomic E-state index is 11.8. The van der Waals surface area contributed by atoms with Crippen molar-refractivity contribution in [2.75, 3.05) is 17.7 Å². The molecule has 126 valence electrons. The van der Waals surface area contributed by atoms with Gasteiger partial charge in [-0.1, -0.05) is 28.1 Å². The fourth-order valence-corrected chi connectivity index (χ4v) is 2.43. The first-order chi connectivity index (χ1) is 12.2. The minimum absolute atomic E-state index is 0.412. The van der Waals surface area contributed by atoms with E-state index in [-0.39, 0.29) is 0 Å². The van der Waals surface area contributed by atoms with Crippen molar-refractivity contribution in [1.29, 1.82) is 0 Å². The van der Waals surface area contributed by atoms with E-state index < -0.39 is 5.97 Å². The molecule has 6 nitrogen and oxygen atoms in total. The van der Waals surface area contributed by atoms with E-state index in [9.17, 15) is 4.79 Å². The number of rotatable bonds is 5. The van der Waals surface area contributed by atoms with Crippen molar-refractivity contribution in [3.63, 3.8) is 0 Å². The van der Waals surface area contributed by atoms with E-state index >= 15 is 0 Å². The number of para-hydroxylation sites is 1. The summed E-state index contributed by atoms with van der Waals surface area (Å²) in [6.07, 6.45) is 1.64. The SMILES string of the molecule is COC(=O)c1ccccc1Nc1ccnc(Nc2ccc(Br)cc2)n1. The van der Waals surface area contributed by atoms with Crippen molar-refractivity contribution >= 4 is 45.0 Å². The van der Waals surface area contributed by atoms with Gasteiger partial charge in [0.1, 0.15) is 5.82 Å². The van der Waals surface area contributed by atoms with E-state index in [4.69, 9.17) is 4.74 Å². The quantitative estimate of drug-likeness (QED) is 0.615. The van der Waals surface area contributed by atoms with Crippen molar-refractivity contribution in [2.45, 2.75) is 0 Å². The highest BCUT2D eigenvalue weighted by atomic mass is 79.9. The highest BCUT2D eigenvalue weighted by molar-refractivity contribution is 9.10. The molecule has 0 atom stereocenters. The Bertz CT molecular complexity index is 884. The third kappa shape index (κ3) is 4.33. The number of carbonyl (C=O) groups excluding carboxylic acids is 1. The summed E-state index contributed by atoms with van der Waals surface area (Å²) in [5, 5.41) is 6.25. The van der Waals surface area contributed by atoms with Crippen LogP contribution >= 0.6 is 15.9 Å². The molecule has 0 saturated heterocycles. The van der Waals surface area contributed by atoms with E-state index in [1.165, 1.54) is 7.11 Å². The molecule has 1 heterocycles. The Morgan fingerprint density at radius 1 is 1.04 bits per heavy atom. The first kappa shape index (κ1) is 16.9. The van der Waals surface area contributed by atoms with Gasteiger partial charge >= 0.3 is 5.97 Å². The molecular weight excluding hydrogens is 384 g/mol. The highest BCUT2D eigenvalue weighted by Gasteiger charge is 2.11. The second kappa shape index (κ2) is 7.76. The predicted octanol–water partition coefficient (Wildman–Crippen LogP) is 4.51. The molecular formula is C18H15BrN4O2. The minimum Gasteiger partial charge on any atom is -0.465 e. The van der Waals surface area contributed by atoms with Crippen LogP contribution in [-0.2, 0) is 4.74 Å². The molecule has 0 bridgehead atoms. The third-order valence-corrected chi connectivity index (χ3v) is 3.88. The second-order valence-electron chi connectivity index (χ2n) is 5.06. The number of nitrogens with zero attached hydrogens (tertiary/aromatic N) is 2. The molecule has 0 aliphatic rings. The smallest absolute Gasteiger partial charge is 0.339 e. The summed E-state index contributed by atoms with van der Waals surface area (Å²) in [4.78, 5) is 20.5. The van der Waals surface area contributed by atoms with Crippen LogP contribution in [0.2, 0.25) is 0 Å². The average Bonchev–Trinajstić information content (AvgIpc) is 2.64. The number of hydrogen-bond acceptors (Lipinski definition) is 6. The Balaban J connectivity index is 1.81. The van der Waals surface area contributed by atoms with Crippen LogP contribution in [0.15, 0.2) is 65.3 Å². The van der Waals surface area contributed by atoms with Gasteiger partial charge in [-0.05, 0) is 42.5 Å². The number of ether oxygens (including phenoxy) is 1. The second-order valence-corrected chi connectivity index (χ2v) is 5.98. The number of methoxy groups -OCH3 is 1. The lowest BCUT2D eigenvalue weighted by Gasteiger charge is -2.11. The predicted molar refractivity (Wildman–Crippen MR) is 101 cm³/mol. The van der Waals surface area contributed by atoms with Gasteiger partial charge in [0.05, 0.1) is 18.4 Å². The number of esters is 1. The lowest BCUT2D eigenvalue weighted by molar-refractivity contribution is 0.0602. The molecule has 0 unspecified atom stereocenters. The highest BCUT2D eigenvalue weighted by Crippen LogP contribution is 2.22. The van der Waals surface area contributed by atoms with Crippen LogP contribution in [-0.4, -0.2) is 23.0 Å². The van der Waals surface area contributed by atoms with Gasteiger partial charge in [-0.2, -0.15) is 4.98 Å². The van der Waals surface area contributed by atoms with Gasteiger partial charge in [0.15, 0.2) is 0 Å². The van der Waals surface area contributed by atoms with Crippen molar-refractivity contribution in [3.05, 3.63) is 70.8 Å². The van der Waals surface area contributed by atoms with Crippen molar-refractivity contribution in [3.8, 4) is 0 Å². The largest absolute Gasteiger partial charge is 0.465 e. The molecule has 0 aliphatic carbocycles. The summed E-state index contributed by atoms with van der Waals surface area (Å²) in [5.74, 6) is 0.596. The first-order valence-corrected chi connectivity index (χ1v) is 8.25. The number of carbonyl (C=O) groups is 1. The molecule has 0 amide bonds. The van der Waals surface area contributed by atoms with Crippen LogP contribution in [0.1, 0.15) is 10.4 Å². The molecule has 7 heteroatoms. The van der Waals surface area contributed by atoms with Crippen LogP contribution in [0.4, 0.5) is 23.1 Å². The van der Waals surface area contributed by atoms with E-state index in [2.05, 4.69) is 36.5 Å². The lowest BCUT2D eigenvalue weighted by Crippen LogP contribution is -2.06. The zero-order valence-corrected chi connectivity index (χ0v) is 14.9. The number of benzene rings is 2. The monoisotopic (exact) mass is 398 g/mol. The number of halogens is 1. The van der Waals surface area contributed by atoms with Crippen LogP contribution in [0, 0.1) is 0 Å². The maximum atomic E-state index is 11.8. The number of anilines is 4. The molecule has 0 saturated carbocycles. The van der Waals surface area contributed by atoms with Crippen LogP contribution in [0.5, 0.6) is 0 Å². The van der Waals surface area contributed by atoms with Crippen molar-refractivity contribution in [2.24, 2.45) is 0 Å². The summed E-state index contributed by atoms with van der Waals surface area (Å²) in [7, 11) is 1.35. The normalized spacial score (nSPS) is 10.2. The molecule has 0 spiro atoms. The van der Waals surface area contributed by atoms with Gasteiger partial charge in [0.25, 0.3) is 0 Å². The minimum atomic E-state index is -0.412. The topological polar surface area (TPSA) is 76.1 Å². The molecule has 0 fully saturated rings. The molecule has 1 aromatic heterocycles. The van der Waals surface area contributed by atoms with E-state index in [1.807, 2.05) is 30.3 Å². The van der Waals surface area contributed by atoms with Crippen LogP contribution in [0.3, 0.4) is 0 Å². The number of hydrogen-bond donors (Lipinski definition) is 2. The molecule has 2 N–H and O–H groups in total. The van der Waals surface area contributed by atoms with E-state index in [0.29, 0.717) is 23.0 Å². The summed E-state index contributed by atoms with van der Waals surface area (Å²) in [6, 6.07) is 16.5. The van der Waals surface area contributed by atoms with Crippen LogP contribution in [0.25, 0.3) is 0 Å². The van der Waals surface area contributed by atoms with Crippen molar-refractivity contribution in [1.82, 2.24) is 9.97 Å². The Labute approximate surface area is 153 Å². The van der Waals surface area contributed by atoms with Gasteiger partial charge in [-0.15, -0.1) is 0 Å². The Morgan fingerprint density at radius 2 is 1.80 bits per heavy atom. The summed E-state index contributed by atoms with van der Waals surface area (Å²) in [5.41, 5.74) is 1.92. The Morgan fingerprint density at radius 3 is 2.56 bits per heavy atom. The van der Waals surface area contributed by atoms with Gasteiger partial charge in [0.2, 0.25) is 5.95 Å². The molecule has 0 radical (unpaired) electrons. The van der Waals surface area contributed by atoms with Crippen LogP contribution < -0.4 is 10.6 Å². The van der Waals surface area contributed by atoms with Crippen molar-refractivity contribution < 1.29 is 9.53 Å². The van der Waals surface area contributed by atoms with Gasteiger partial charge in [-0.3, -0.25) is 0 Å². The molecule has 3 aromatic rings. The molecule has 0 aliphatic heterocycles. The van der Waals surface area contributed by atoms with Gasteiger partial charge < -0.3 is 15.4 Å². The fourth-order valence-electron chi connectivity index (χ4n) is 2.17. The Kier molecular flexibility index (Phi) is 5.25. The zero-order valence-electron chi connectivity index (χ0n) is 13.4.